The first-order valence-corrected chi connectivity index (χ1v) is 6.98. The molecule has 0 atom stereocenters. The third-order valence-corrected chi connectivity index (χ3v) is 4.07. The molecule has 0 fully saturated rings. The van der Waals surface area contributed by atoms with Gasteiger partial charge in [-0.2, -0.15) is 0 Å². The van der Waals surface area contributed by atoms with E-state index in [1.54, 1.807) is 6.07 Å². The van der Waals surface area contributed by atoms with Crippen LogP contribution in [0.5, 0.6) is 0 Å². The monoisotopic (exact) mass is 295 g/mol. The number of hydrogen-bond donors (Lipinski definition) is 2. The van der Waals surface area contributed by atoms with Gasteiger partial charge in [-0.3, -0.25) is 5.41 Å². The molecule has 0 aliphatic carbocycles. The molecule has 100 valence electrons. The van der Waals surface area contributed by atoms with Crippen molar-refractivity contribution in [2.45, 2.75) is 16.4 Å². The summed E-state index contributed by atoms with van der Waals surface area (Å²) in [6, 6.07) is 1.68. The van der Waals surface area contributed by atoms with E-state index < -0.39 is 0 Å². The molecule has 2 rings (SSSR count). The molecule has 0 aromatic carbocycles. The molecular formula is C10H13N7S2. The summed E-state index contributed by atoms with van der Waals surface area (Å²) in [4.78, 5) is 10.4. The highest BCUT2D eigenvalue weighted by Gasteiger charge is 2.11. The normalized spacial score (nSPS) is 10.5. The fourth-order valence-electron chi connectivity index (χ4n) is 1.23. The van der Waals surface area contributed by atoms with Gasteiger partial charge in [0, 0.05) is 19.8 Å². The van der Waals surface area contributed by atoms with E-state index in [-0.39, 0.29) is 5.84 Å². The second-order valence-electron chi connectivity index (χ2n) is 3.94. The second kappa shape index (κ2) is 5.49. The predicted molar refractivity (Wildman–Crippen MR) is 76.1 cm³/mol. The fraction of sp³-hybridized carbons (Fsp3) is 0.300. The maximum Gasteiger partial charge on any atom is 0.208 e. The summed E-state index contributed by atoms with van der Waals surface area (Å²) in [7, 11) is 3.82. The summed E-state index contributed by atoms with van der Waals surface area (Å²) >= 11 is 2.77. The van der Waals surface area contributed by atoms with Crippen LogP contribution in [0.1, 0.15) is 11.4 Å². The van der Waals surface area contributed by atoms with Crippen molar-refractivity contribution in [2.75, 3.05) is 19.0 Å². The molecule has 0 saturated heterocycles. The third-order valence-electron chi connectivity index (χ3n) is 2.07. The Morgan fingerprint density at radius 3 is 2.68 bits per heavy atom. The number of amidine groups is 1. The van der Waals surface area contributed by atoms with Gasteiger partial charge in [0.15, 0.2) is 9.50 Å². The largest absolute Gasteiger partial charge is 0.382 e. The number of nitrogens with one attached hydrogen (secondary N) is 1. The van der Waals surface area contributed by atoms with Crippen LogP contribution in [0.4, 0.5) is 5.13 Å². The Hall–Kier alpha value is -1.74. The molecule has 9 heteroatoms. The van der Waals surface area contributed by atoms with Crippen molar-refractivity contribution >= 4 is 34.1 Å². The van der Waals surface area contributed by atoms with Gasteiger partial charge in [0.2, 0.25) is 5.13 Å². The van der Waals surface area contributed by atoms with Crippen LogP contribution >= 0.6 is 23.1 Å². The highest BCUT2D eigenvalue weighted by Crippen LogP contribution is 2.30. The summed E-state index contributed by atoms with van der Waals surface area (Å²) in [5.74, 6) is -0.0707. The van der Waals surface area contributed by atoms with Crippen molar-refractivity contribution in [2.24, 2.45) is 5.73 Å². The lowest BCUT2D eigenvalue weighted by Gasteiger charge is -2.04. The van der Waals surface area contributed by atoms with Gasteiger partial charge in [-0.15, -0.1) is 10.2 Å². The Morgan fingerprint density at radius 2 is 2.11 bits per heavy atom. The van der Waals surface area contributed by atoms with Crippen molar-refractivity contribution in [3.8, 4) is 0 Å². The molecule has 2 aromatic heterocycles. The standard InChI is InChI=1S/C10H13N7S2/c1-5-4-6(7(11)12)14-8(13-5)18-10-16-15-9(19-10)17(2)3/h4H,1-3H3,(H3,11,12). The van der Waals surface area contributed by atoms with E-state index in [1.165, 1.54) is 23.1 Å². The number of hydrogen-bond acceptors (Lipinski definition) is 8. The van der Waals surface area contributed by atoms with Crippen molar-refractivity contribution in [1.29, 1.82) is 5.41 Å². The van der Waals surface area contributed by atoms with Gasteiger partial charge >= 0.3 is 0 Å². The minimum atomic E-state index is -0.0707. The molecular weight excluding hydrogens is 282 g/mol. The van der Waals surface area contributed by atoms with Gasteiger partial charge in [-0.05, 0) is 24.8 Å². The molecule has 0 saturated carbocycles. The smallest absolute Gasteiger partial charge is 0.208 e. The third kappa shape index (κ3) is 3.38. The van der Waals surface area contributed by atoms with E-state index in [0.29, 0.717) is 10.9 Å². The molecule has 2 heterocycles. The van der Waals surface area contributed by atoms with Crippen molar-refractivity contribution in [3.05, 3.63) is 17.5 Å². The lowest BCUT2D eigenvalue weighted by atomic mass is 10.3. The number of nitrogens with zero attached hydrogens (tertiary/aromatic N) is 5. The molecule has 0 aliphatic rings. The van der Waals surface area contributed by atoms with Crippen LogP contribution in [-0.4, -0.2) is 40.1 Å². The topological polar surface area (TPSA) is 105 Å². The van der Waals surface area contributed by atoms with E-state index in [2.05, 4.69) is 20.2 Å². The number of aromatic nitrogens is 4. The number of nitrogen functional groups attached to an aromatic ring is 1. The van der Waals surface area contributed by atoms with Crippen LogP contribution in [0.25, 0.3) is 0 Å². The molecule has 0 amide bonds. The fourth-order valence-corrected chi connectivity index (χ4v) is 2.91. The van der Waals surface area contributed by atoms with Crippen molar-refractivity contribution in [3.63, 3.8) is 0 Å². The van der Waals surface area contributed by atoms with E-state index in [0.717, 1.165) is 15.2 Å². The minimum absolute atomic E-state index is 0.0707. The number of aryl methyl sites for hydroxylation is 1. The molecule has 7 nitrogen and oxygen atoms in total. The lowest BCUT2D eigenvalue weighted by Crippen LogP contribution is -2.14. The van der Waals surface area contributed by atoms with Gasteiger partial charge in [-0.25, -0.2) is 9.97 Å². The number of anilines is 1. The molecule has 0 aliphatic heterocycles. The first kappa shape index (κ1) is 13.7. The van der Waals surface area contributed by atoms with Crippen LogP contribution < -0.4 is 10.6 Å². The quantitative estimate of drug-likeness (QED) is 0.495. The molecule has 0 spiro atoms. The van der Waals surface area contributed by atoms with Crippen molar-refractivity contribution in [1.82, 2.24) is 20.2 Å². The highest BCUT2D eigenvalue weighted by atomic mass is 32.2. The summed E-state index contributed by atoms with van der Waals surface area (Å²) < 4.78 is 0.754. The Morgan fingerprint density at radius 1 is 1.37 bits per heavy atom. The molecule has 0 bridgehead atoms. The van der Waals surface area contributed by atoms with Gasteiger partial charge in [0.05, 0.1) is 0 Å². The van der Waals surface area contributed by atoms with Gasteiger partial charge in [0.25, 0.3) is 0 Å². The average molecular weight is 295 g/mol. The molecule has 0 radical (unpaired) electrons. The Bertz CT molecular complexity index is 608. The van der Waals surface area contributed by atoms with E-state index in [4.69, 9.17) is 11.1 Å². The predicted octanol–water partition coefficient (Wildman–Crippen LogP) is 1.14. The van der Waals surface area contributed by atoms with E-state index >= 15 is 0 Å². The molecule has 19 heavy (non-hydrogen) atoms. The summed E-state index contributed by atoms with van der Waals surface area (Å²) in [5.41, 5.74) is 6.63. The molecule has 0 unspecified atom stereocenters. The Kier molecular flexibility index (Phi) is 3.96. The zero-order valence-electron chi connectivity index (χ0n) is 10.7. The van der Waals surface area contributed by atoms with Crippen LogP contribution in [-0.2, 0) is 0 Å². The van der Waals surface area contributed by atoms with Crippen molar-refractivity contribution < 1.29 is 0 Å². The first-order valence-electron chi connectivity index (χ1n) is 5.34. The zero-order valence-corrected chi connectivity index (χ0v) is 12.3. The van der Waals surface area contributed by atoms with Gasteiger partial charge < -0.3 is 10.6 Å². The molecule has 2 aromatic rings. The zero-order chi connectivity index (χ0) is 14.0. The van der Waals surface area contributed by atoms with Crippen LogP contribution in [0.2, 0.25) is 0 Å². The molecule has 3 N–H and O–H groups in total. The highest BCUT2D eigenvalue weighted by molar-refractivity contribution is 8.00. The lowest BCUT2D eigenvalue weighted by molar-refractivity contribution is 0.914. The van der Waals surface area contributed by atoms with E-state index in [9.17, 15) is 0 Å². The summed E-state index contributed by atoms with van der Waals surface area (Å²) in [6.07, 6.45) is 0. The van der Waals surface area contributed by atoms with Crippen LogP contribution in [0.15, 0.2) is 15.6 Å². The second-order valence-corrected chi connectivity index (χ2v) is 6.11. The Balaban J connectivity index is 2.24. The minimum Gasteiger partial charge on any atom is -0.382 e. The summed E-state index contributed by atoms with van der Waals surface area (Å²) in [5, 5.41) is 16.9. The maximum atomic E-state index is 7.42. The van der Waals surface area contributed by atoms with Gasteiger partial charge in [-0.1, -0.05) is 11.3 Å². The van der Waals surface area contributed by atoms with Gasteiger partial charge in [0.1, 0.15) is 11.5 Å². The van der Waals surface area contributed by atoms with E-state index in [1.807, 2.05) is 25.9 Å². The number of rotatable bonds is 4. The Labute approximate surface area is 118 Å². The average Bonchev–Trinajstić information content (AvgIpc) is 2.76. The first-order chi connectivity index (χ1) is 8.95. The number of nitrogens with two attached hydrogens (primary N) is 1. The van der Waals surface area contributed by atoms with Crippen LogP contribution in [0.3, 0.4) is 0 Å². The summed E-state index contributed by atoms with van der Waals surface area (Å²) in [6.45, 7) is 1.84. The SMILES string of the molecule is Cc1cc(C(=N)N)nc(Sc2nnc(N(C)C)s2)n1. The maximum absolute atomic E-state index is 7.42. The van der Waals surface area contributed by atoms with Crippen LogP contribution in [0, 0.1) is 12.3 Å².